The van der Waals surface area contributed by atoms with Crippen LogP contribution in [0.1, 0.15) is 22.3 Å². The first kappa shape index (κ1) is 15.6. The molecule has 1 heterocycles. The van der Waals surface area contributed by atoms with Crippen molar-refractivity contribution < 1.29 is 23.5 Å². The maximum absolute atomic E-state index is 12.8. The van der Waals surface area contributed by atoms with Gasteiger partial charge in [0.2, 0.25) is 5.78 Å². The summed E-state index contributed by atoms with van der Waals surface area (Å²) in [5.41, 5.74) is 1.04. The molecular formula is C15H13FN2O4. The zero-order valence-electron chi connectivity index (χ0n) is 11.8. The fraction of sp³-hybridized carbons (Fsp3) is 0.200. The van der Waals surface area contributed by atoms with Crippen molar-refractivity contribution >= 4 is 17.5 Å². The van der Waals surface area contributed by atoms with Crippen LogP contribution in [0.5, 0.6) is 0 Å². The molecule has 0 bridgehead atoms. The van der Waals surface area contributed by atoms with E-state index in [-0.39, 0.29) is 11.4 Å². The number of hydrogen-bond acceptors (Lipinski definition) is 5. The molecule has 2 aromatic rings. The van der Waals surface area contributed by atoms with Gasteiger partial charge in [-0.1, -0.05) is 12.1 Å². The standard InChI is InChI=1S/C15H13FN2O4/c1-22-15(21)14(20)6-13(19)11-7-17-18(9-11)8-10-2-4-12(16)5-3-10/h2-5,7,9H,6,8H2,1H3. The number of ether oxygens (including phenoxy) is 1. The van der Waals surface area contributed by atoms with E-state index in [0.717, 1.165) is 12.7 Å². The first-order chi connectivity index (χ1) is 10.5. The maximum Gasteiger partial charge on any atom is 0.374 e. The second-order valence-corrected chi connectivity index (χ2v) is 4.57. The molecule has 2 rings (SSSR count). The van der Waals surface area contributed by atoms with Crippen LogP contribution in [-0.4, -0.2) is 34.4 Å². The Kier molecular flexibility index (Phi) is 4.77. The number of carbonyl (C=O) groups is 3. The molecule has 0 saturated carbocycles. The van der Waals surface area contributed by atoms with Crippen molar-refractivity contribution in [3.63, 3.8) is 0 Å². The number of rotatable bonds is 6. The highest BCUT2D eigenvalue weighted by atomic mass is 19.1. The van der Waals surface area contributed by atoms with Crippen molar-refractivity contribution in [2.75, 3.05) is 7.11 Å². The molecule has 22 heavy (non-hydrogen) atoms. The van der Waals surface area contributed by atoms with Gasteiger partial charge in [-0.2, -0.15) is 5.10 Å². The molecular weight excluding hydrogens is 291 g/mol. The van der Waals surface area contributed by atoms with Gasteiger partial charge in [-0.05, 0) is 17.7 Å². The van der Waals surface area contributed by atoms with Crippen LogP contribution in [0.2, 0.25) is 0 Å². The summed E-state index contributed by atoms with van der Waals surface area (Å²) in [5, 5.41) is 4.00. The number of benzene rings is 1. The number of esters is 1. The molecule has 0 aliphatic carbocycles. The lowest BCUT2D eigenvalue weighted by Gasteiger charge is -2.01. The van der Waals surface area contributed by atoms with Gasteiger partial charge in [0.15, 0.2) is 5.78 Å². The normalized spacial score (nSPS) is 10.3. The first-order valence-electron chi connectivity index (χ1n) is 6.41. The van der Waals surface area contributed by atoms with E-state index in [1.807, 2.05) is 0 Å². The molecule has 0 aliphatic heterocycles. The van der Waals surface area contributed by atoms with Crippen molar-refractivity contribution in [2.24, 2.45) is 0 Å². The van der Waals surface area contributed by atoms with E-state index >= 15 is 0 Å². The van der Waals surface area contributed by atoms with Crippen LogP contribution < -0.4 is 0 Å². The molecule has 114 valence electrons. The molecule has 6 nitrogen and oxygen atoms in total. The number of nitrogens with zero attached hydrogens (tertiary/aromatic N) is 2. The van der Waals surface area contributed by atoms with Gasteiger partial charge < -0.3 is 4.74 Å². The van der Waals surface area contributed by atoms with Gasteiger partial charge in [0.25, 0.3) is 0 Å². The van der Waals surface area contributed by atoms with Crippen molar-refractivity contribution in [3.05, 3.63) is 53.6 Å². The Labute approximate surface area is 125 Å². The fourth-order valence-corrected chi connectivity index (χ4v) is 1.80. The Morgan fingerprint density at radius 3 is 2.55 bits per heavy atom. The smallest absolute Gasteiger partial charge is 0.374 e. The topological polar surface area (TPSA) is 78.3 Å². The Hall–Kier alpha value is -2.83. The third kappa shape index (κ3) is 3.85. The van der Waals surface area contributed by atoms with E-state index in [2.05, 4.69) is 9.84 Å². The van der Waals surface area contributed by atoms with Crippen molar-refractivity contribution in [1.29, 1.82) is 0 Å². The van der Waals surface area contributed by atoms with E-state index in [0.29, 0.717) is 6.54 Å². The highest BCUT2D eigenvalue weighted by Gasteiger charge is 2.20. The third-order valence-electron chi connectivity index (χ3n) is 2.95. The van der Waals surface area contributed by atoms with Crippen LogP contribution in [0.4, 0.5) is 4.39 Å². The molecule has 1 aromatic heterocycles. The molecule has 0 spiro atoms. The summed E-state index contributed by atoms with van der Waals surface area (Å²) >= 11 is 0. The Bertz CT molecular complexity index is 707. The molecule has 0 radical (unpaired) electrons. The van der Waals surface area contributed by atoms with E-state index in [4.69, 9.17) is 0 Å². The molecule has 0 unspecified atom stereocenters. The number of aromatic nitrogens is 2. The van der Waals surface area contributed by atoms with E-state index in [1.165, 1.54) is 29.2 Å². The second kappa shape index (κ2) is 6.75. The number of methoxy groups -OCH3 is 1. The quantitative estimate of drug-likeness (QED) is 0.349. The predicted octanol–water partition coefficient (Wildman–Crippen LogP) is 1.39. The average Bonchev–Trinajstić information content (AvgIpc) is 2.97. The third-order valence-corrected chi connectivity index (χ3v) is 2.95. The van der Waals surface area contributed by atoms with Gasteiger partial charge in [0.05, 0.1) is 31.8 Å². The molecule has 1 aromatic carbocycles. The summed E-state index contributed by atoms with van der Waals surface area (Å²) in [4.78, 5) is 34.2. The molecule has 0 aliphatic rings. The summed E-state index contributed by atoms with van der Waals surface area (Å²) in [6.07, 6.45) is 2.22. The summed E-state index contributed by atoms with van der Waals surface area (Å²) < 4.78 is 18.6. The second-order valence-electron chi connectivity index (χ2n) is 4.57. The Morgan fingerprint density at radius 1 is 1.23 bits per heavy atom. The summed E-state index contributed by atoms with van der Waals surface area (Å²) in [7, 11) is 1.07. The van der Waals surface area contributed by atoms with Gasteiger partial charge in [-0.15, -0.1) is 0 Å². The summed E-state index contributed by atoms with van der Waals surface area (Å²) in [6.45, 7) is 0.360. The predicted molar refractivity (Wildman–Crippen MR) is 73.7 cm³/mol. The molecule has 7 heteroatoms. The van der Waals surface area contributed by atoms with Crippen LogP contribution in [-0.2, 0) is 20.9 Å². The highest BCUT2D eigenvalue weighted by molar-refractivity contribution is 6.38. The lowest BCUT2D eigenvalue weighted by Crippen LogP contribution is -2.19. The number of halogens is 1. The molecule has 0 saturated heterocycles. The minimum Gasteiger partial charge on any atom is -0.463 e. The van der Waals surface area contributed by atoms with Gasteiger partial charge in [-0.3, -0.25) is 14.3 Å². The van der Waals surface area contributed by atoms with Crippen molar-refractivity contribution in [2.45, 2.75) is 13.0 Å². The van der Waals surface area contributed by atoms with Gasteiger partial charge in [0.1, 0.15) is 5.82 Å². The van der Waals surface area contributed by atoms with Crippen LogP contribution in [0.3, 0.4) is 0 Å². The molecule has 0 amide bonds. The van der Waals surface area contributed by atoms with Gasteiger partial charge >= 0.3 is 5.97 Å². The fourth-order valence-electron chi connectivity index (χ4n) is 1.80. The van der Waals surface area contributed by atoms with Crippen LogP contribution in [0.25, 0.3) is 0 Å². The van der Waals surface area contributed by atoms with Crippen LogP contribution in [0, 0.1) is 5.82 Å². The number of Topliss-reactive ketones (excluding diaryl/α,β-unsaturated/α-hetero) is 2. The Morgan fingerprint density at radius 2 is 1.91 bits per heavy atom. The lowest BCUT2D eigenvalue weighted by molar-refractivity contribution is -0.151. The SMILES string of the molecule is COC(=O)C(=O)CC(=O)c1cnn(Cc2ccc(F)cc2)c1. The molecule has 0 N–H and O–H groups in total. The maximum atomic E-state index is 12.8. The van der Waals surface area contributed by atoms with Gasteiger partial charge in [0, 0.05) is 6.20 Å². The lowest BCUT2D eigenvalue weighted by atomic mass is 10.1. The zero-order valence-corrected chi connectivity index (χ0v) is 11.8. The molecule has 0 fully saturated rings. The Balaban J connectivity index is 2.01. The zero-order chi connectivity index (χ0) is 16.1. The highest BCUT2D eigenvalue weighted by Crippen LogP contribution is 2.08. The number of carbonyl (C=O) groups excluding carboxylic acids is 3. The minimum atomic E-state index is -1.05. The molecule has 0 atom stereocenters. The largest absolute Gasteiger partial charge is 0.463 e. The number of hydrogen-bond donors (Lipinski definition) is 0. The first-order valence-corrected chi connectivity index (χ1v) is 6.41. The van der Waals surface area contributed by atoms with Crippen molar-refractivity contribution in [1.82, 2.24) is 9.78 Å². The monoisotopic (exact) mass is 304 g/mol. The van der Waals surface area contributed by atoms with Crippen LogP contribution >= 0.6 is 0 Å². The van der Waals surface area contributed by atoms with Crippen molar-refractivity contribution in [3.8, 4) is 0 Å². The minimum absolute atomic E-state index is 0.222. The summed E-state index contributed by atoms with van der Waals surface area (Å²) in [6, 6.07) is 5.89. The van der Waals surface area contributed by atoms with Crippen LogP contribution in [0.15, 0.2) is 36.7 Å². The van der Waals surface area contributed by atoms with E-state index < -0.39 is 24.0 Å². The average molecular weight is 304 g/mol. The summed E-state index contributed by atoms with van der Waals surface area (Å²) in [5.74, 6) is -2.80. The van der Waals surface area contributed by atoms with Gasteiger partial charge in [-0.25, -0.2) is 9.18 Å². The van der Waals surface area contributed by atoms with E-state index in [9.17, 15) is 18.8 Å². The number of ketones is 2. The van der Waals surface area contributed by atoms with E-state index in [1.54, 1.807) is 12.1 Å².